The van der Waals surface area contributed by atoms with E-state index in [2.05, 4.69) is 6.92 Å². The summed E-state index contributed by atoms with van der Waals surface area (Å²) in [5, 5.41) is 0. The van der Waals surface area contributed by atoms with Gasteiger partial charge in [0, 0.05) is 0 Å². The van der Waals surface area contributed by atoms with Gasteiger partial charge < -0.3 is 0 Å². The number of benzene rings is 1. The first kappa shape index (κ1) is 23.8. The van der Waals surface area contributed by atoms with Gasteiger partial charge in [-0.15, -0.1) is 0 Å². The van der Waals surface area contributed by atoms with Crippen LogP contribution < -0.4 is 0 Å². The molecule has 4 heteroatoms. The van der Waals surface area contributed by atoms with Gasteiger partial charge in [0.2, 0.25) is 0 Å². The highest BCUT2D eigenvalue weighted by atomic mass is 19.3. The average molecular weight is 451 g/mol. The van der Waals surface area contributed by atoms with Crippen molar-refractivity contribution in [2.45, 2.75) is 103 Å². The van der Waals surface area contributed by atoms with Crippen LogP contribution in [0.25, 0.3) is 0 Å². The maximum absolute atomic E-state index is 15.2. The summed E-state index contributed by atoms with van der Waals surface area (Å²) in [6, 6.07) is 1.99. The first-order valence-electron chi connectivity index (χ1n) is 13.0. The van der Waals surface area contributed by atoms with Crippen molar-refractivity contribution in [3.8, 4) is 0 Å². The van der Waals surface area contributed by atoms with Gasteiger partial charge in [-0.05, 0) is 110 Å². The molecule has 178 valence electrons. The lowest BCUT2D eigenvalue weighted by molar-refractivity contribution is 0.130. The normalized spacial score (nSPS) is 29.8. The average Bonchev–Trinajstić information content (AvgIpc) is 2.78. The fourth-order valence-electron chi connectivity index (χ4n) is 6.87. The smallest absolute Gasteiger partial charge is 0.203 e. The summed E-state index contributed by atoms with van der Waals surface area (Å²) in [4.78, 5) is 0. The number of hydrogen-bond acceptors (Lipinski definition) is 0. The van der Waals surface area contributed by atoms with E-state index in [1.807, 2.05) is 6.07 Å². The summed E-state index contributed by atoms with van der Waals surface area (Å²) >= 11 is 0. The Hall–Kier alpha value is -1.32. The number of allylic oxidation sites excluding steroid dienone is 1. The molecular formula is C28H38F4. The van der Waals surface area contributed by atoms with E-state index >= 15 is 8.78 Å². The van der Waals surface area contributed by atoms with Gasteiger partial charge >= 0.3 is 0 Å². The van der Waals surface area contributed by atoms with Gasteiger partial charge in [0.05, 0.1) is 0 Å². The SMILES string of the molecule is CCCCCCC1CCc2cc(C3CCC4CC(C=C(F)F)CCC4C3)c(F)c(F)c2C1. The molecular weight excluding hydrogens is 412 g/mol. The minimum Gasteiger partial charge on any atom is -0.203 e. The molecule has 5 unspecified atom stereocenters. The third-order valence-electron chi connectivity index (χ3n) is 8.66. The molecule has 0 aliphatic heterocycles. The second-order valence-corrected chi connectivity index (χ2v) is 10.7. The van der Waals surface area contributed by atoms with Crippen molar-refractivity contribution in [1.82, 2.24) is 0 Å². The number of halogens is 4. The van der Waals surface area contributed by atoms with Gasteiger partial charge in [0.15, 0.2) is 11.6 Å². The van der Waals surface area contributed by atoms with Crippen LogP contribution in [0.5, 0.6) is 0 Å². The standard InChI is InChI=1S/C28H38F4/c1-2-3-4-5-6-18-7-10-23-17-25(28(32)27(31)24(23)14-18)22-12-11-20-13-19(15-26(29)30)8-9-21(20)16-22/h15,17-22H,2-14,16H2,1H3. The predicted octanol–water partition coefficient (Wildman–Crippen LogP) is 9.12. The number of unbranched alkanes of at least 4 members (excludes halogenated alkanes) is 3. The van der Waals surface area contributed by atoms with Crippen LogP contribution in [0.3, 0.4) is 0 Å². The third-order valence-corrected chi connectivity index (χ3v) is 8.66. The second-order valence-electron chi connectivity index (χ2n) is 10.7. The van der Waals surface area contributed by atoms with Gasteiger partial charge in [0.1, 0.15) is 0 Å². The minimum absolute atomic E-state index is 0.0226. The third kappa shape index (κ3) is 5.42. The van der Waals surface area contributed by atoms with Gasteiger partial charge in [0.25, 0.3) is 6.08 Å². The molecule has 5 atom stereocenters. The summed E-state index contributed by atoms with van der Waals surface area (Å²) in [5.74, 6) is 0.207. The monoisotopic (exact) mass is 450 g/mol. The van der Waals surface area contributed by atoms with Gasteiger partial charge in [-0.2, -0.15) is 8.78 Å². The quantitative estimate of drug-likeness (QED) is 0.287. The Balaban J connectivity index is 1.42. The molecule has 3 aliphatic rings. The Morgan fingerprint density at radius 1 is 0.938 bits per heavy atom. The lowest BCUT2D eigenvalue weighted by atomic mass is 9.63. The molecule has 3 aliphatic carbocycles. The predicted molar refractivity (Wildman–Crippen MR) is 122 cm³/mol. The van der Waals surface area contributed by atoms with Crippen LogP contribution in [0.15, 0.2) is 18.2 Å². The van der Waals surface area contributed by atoms with E-state index in [0.717, 1.165) is 69.4 Å². The molecule has 0 bridgehead atoms. The van der Waals surface area contributed by atoms with E-state index in [0.29, 0.717) is 35.3 Å². The van der Waals surface area contributed by atoms with Crippen molar-refractivity contribution in [1.29, 1.82) is 0 Å². The lowest BCUT2D eigenvalue weighted by Gasteiger charge is -2.42. The van der Waals surface area contributed by atoms with Crippen molar-refractivity contribution in [2.75, 3.05) is 0 Å². The Morgan fingerprint density at radius 2 is 1.72 bits per heavy atom. The molecule has 0 radical (unpaired) electrons. The van der Waals surface area contributed by atoms with Crippen LogP contribution in [-0.4, -0.2) is 0 Å². The Bertz CT molecular complexity index is 810. The lowest BCUT2D eigenvalue weighted by Crippen LogP contribution is -2.30. The van der Waals surface area contributed by atoms with E-state index in [9.17, 15) is 8.78 Å². The largest absolute Gasteiger partial charge is 0.266 e. The maximum Gasteiger partial charge on any atom is 0.266 e. The van der Waals surface area contributed by atoms with Gasteiger partial charge in [-0.3, -0.25) is 0 Å². The van der Waals surface area contributed by atoms with Crippen molar-refractivity contribution in [3.63, 3.8) is 0 Å². The van der Waals surface area contributed by atoms with Gasteiger partial charge in [-0.1, -0.05) is 45.1 Å². The Labute approximate surface area is 190 Å². The molecule has 1 aromatic rings. The molecule has 0 saturated heterocycles. The van der Waals surface area contributed by atoms with Crippen LogP contribution in [0.2, 0.25) is 0 Å². The van der Waals surface area contributed by atoms with Crippen LogP contribution in [-0.2, 0) is 12.8 Å². The Morgan fingerprint density at radius 3 is 2.50 bits per heavy atom. The molecule has 0 heterocycles. The molecule has 4 rings (SSSR count). The maximum atomic E-state index is 15.2. The summed E-state index contributed by atoms with van der Waals surface area (Å²) in [6.45, 7) is 2.20. The highest BCUT2D eigenvalue weighted by molar-refractivity contribution is 5.38. The van der Waals surface area contributed by atoms with E-state index in [1.54, 1.807) is 0 Å². The van der Waals surface area contributed by atoms with Crippen molar-refractivity contribution in [3.05, 3.63) is 46.5 Å². The molecule has 0 amide bonds. The van der Waals surface area contributed by atoms with E-state index < -0.39 is 17.7 Å². The zero-order valence-electron chi connectivity index (χ0n) is 19.5. The molecule has 0 spiro atoms. The van der Waals surface area contributed by atoms with Gasteiger partial charge in [-0.25, -0.2) is 8.78 Å². The number of rotatable bonds is 7. The van der Waals surface area contributed by atoms with Crippen LogP contribution in [0, 0.1) is 35.3 Å². The zero-order chi connectivity index (χ0) is 22.7. The van der Waals surface area contributed by atoms with E-state index in [4.69, 9.17) is 0 Å². The molecule has 1 aromatic carbocycles. The summed E-state index contributed by atoms with van der Waals surface area (Å²) in [7, 11) is 0. The van der Waals surface area contributed by atoms with E-state index in [-0.39, 0.29) is 11.8 Å². The van der Waals surface area contributed by atoms with Crippen LogP contribution in [0.1, 0.15) is 107 Å². The molecule has 0 nitrogen and oxygen atoms in total. The highest BCUT2D eigenvalue weighted by Gasteiger charge is 2.37. The van der Waals surface area contributed by atoms with Crippen molar-refractivity contribution < 1.29 is 17.6 Å². The molecule has 0 aromatic heterocycles. The Kier molecular flexibility index (Phi) is 8.00. The van der Waals surface area contributed by atoms with Crippen molar-refractivity contribution in [2.24, 2.45) is 23.7 Å². The minimum atomic E-state index is -1.57. The zero-order valence-corrected chi connectivity index (χ0v) is 19.5. The summed E-state index contributed by atoms with van der Waals surface area (Å²) in [5.41, 5.74) is 2.24. The fourth-order valence-corrected chi connectivity index (χ4v) is 6.87. The summed E-state index contributed by atoms with van der Waals surface area (Å²) < 4.78 is 55.7. The topological polar surface area (TPSA) is 0 Å². The highest BCUT2D eigenvalue weighted by Crippen LogP contribution is 2.49. The first-order chi connectivity index (χ1) is 15.5. The molecule has 2 fully saturated rings. The van der Waals surface area contributed by atoms with E-state index in [1.165, 1.54) is 25.7 Å². The fraction of sp³-hybridized carbons (Fsp3) is 0.714. The number of fused-ring (bicyclic) bond motifs is 2. The molecule has 2 saturated carbocycles. The van der Waals surface area contributed by atoms with Crippen LogP contribution >= 0.6 is 0 Å². The number of hydrogen-bond donors (Lipinski definition) is 0. The summed E-state index contributed by atoms with van der Waals surface area (Å²) in [6.07, 6.45) is 13.4. The first-order valence-corrected chi connectivity index (χ1v) is 13.0. The number of aryl methyl sites for hydroxylation is 1. The molecule has 32 heavy (non-hydrogen) atoms. The van der Waals surface area contributed by atoms with Crippen molar-refractivity contribution >= 4 is 0 Å². The van der Waals surface area contributed by atoms with Crippen LogP contribution in [0.4, 0.5) is 17.6 Å². The molecule has 0 N–H and O–H groups in total. The second kappa shape index (κ2) is 10.7.